The molecule has 6 heteroatoms. The molecule has 0 spiro atoms. The number of amides is 1. The number of nitrogens with zero attached hydrogens (tertiary/aromatic N) is 3. The molecule has 1 aliphatic rings. The molecule has 0 unspecified atom stereocenters. The number of thioether (sulfide) groups is 1. The molecule has 0 aliphatic heterocycles. The van der Waals surface area contributed by atoms with E-state index in [0.29, 0.717) is 5.92 Å². The van der Waals surface area contributed by atoms with Crippen LogP contribution in [0.4, 0.5) is 5.69 Å². The Morgan fingerprint density at radius 3 is 2.56 bits per heavy atom. The molecule has 3 rings (SSSR count). The fraction of sp³-hybridized carbons (Fsp3) is 0.526. The van der Waals surface area contributed by atoms with E-state index in [4.69, 9.17) is 0 Å². The summed E-state index contributed by atoms with van der Waals surface area (Å²) in [7, 11) is 2.01. The summed E-state index contributed by atoms with van der Waals surface area (Å²) in [6.45, 7) is 3.94. The van der Waals surface area contributed by atoms with Gasteiger partial charge in [0.25, 0.3) is 0 Å². The Bertz CT molecular complexity index is 720. The lowest BCUT2D eigenvalue weighted by Gasteiger charge is -2.20. The smallest absolute Gasteiger partial charge is 0.237 e. The van der Waals surface area contributed by atoms with E-state index in [0.717, 1.165) is 16.7 Å². The maximum absolute atomic E-state index is 12.4. The molecule has 2 aromatic rings. The highest BCUT2D eigenvalue weighted by Gasteiger charge is 2.24. The van der Waals surface area contributed by atoms with Crippen molar-refractivity contribution in [3.8, 4) is 0 Å². The standard InChI is InChI=1S/C19H26N4OS/c1-13-9-11-16(12-10-13)20-18(24)14(2)25-19-22-21-17(23(19)3)15-7-5-4-6-8-15/h9-12,14-15H,4-8H2,1-3H3,(H,20,24)/t14-/m1/s1. The van der Waals surface area contributed by atoms with E-state index in [-0.39, 0.29) is 11.2 Å². The number of benzene rings is 1. The van der Waals surface area contributed by atoms with Gasteiger partial charge < -0.3 is 9.88 Å². The first-order valence-electron chi connectivity index (χ1n) is 8.98. The molecule has 25 heavy (non-hydrogen) atoms. The van der Waals surface area contributed by atoms with Crippen LogP contribution in [0.5, 0.6) is 0 Å². The van der Waals surface area contributed by atoms with Gasteiger partial charge in [-0.15, -0.1) is 10.2 Å². The molecule has 1 saturated carbocycles. The van der Waals surface area contributed by atoms with Crippen LogP contribution < -0.4 is 5.32 Å². The van der Waals surface area contributed by atoms with Gasteiger partial charge in [0.1, 0.15) is 5.82 Å². The quantitative estimate of drug-likeness (QED) is 0.810. The molecule has 5 nitrogen and oxygen atoms in total. The highest BCUT2D eigenvalue weighted by molar-refractivity contribution is 8.00. The third kappa shape index (κ3) is 4.42. The molecular weight excluding hydrogens is 332 g/mol. The third-order valence-corrected chi connectivity index (χ3v) is 5.94. The topological polar surface area (TPSA) is 59.8 Å². The Balaban J connectivity index is 1.62. The first kappa shape index (κ1) is 18.0. The predicted molar refractivity (Wildman–Crippen MR) is 102 cm³/mol. The summed E-state index contributed by atoms with van der Waals surface area (Å²) in [5.41, 5.74) is 2.00. The van der Waals surface area contributed by atoms with Gasteiger partial charge in [0, 0.05) is 18.7 Å². The van der Waals surface area contributed by atoms with E-state index in [1.165, 1.54) is 49.4 Å². The molecule has 1 amide bonds. The van der Waals surface area contributed by atoms with Gasteiger partial charge in [-0.3, -0.25) is 4.79 Å². The minimum Gasteiger partial charge on any atom is -0.325 e. The lowest BCUT2D eigenvalue weighted by atomic mass is 9.89. The van der Waals surface area contributed by atoms with Crippen molar-refractivity contribution in [1.29, 1.82) is 0 Å². The molecule has 0 radical (unpaired) electrons. The molecular formula is C19H26N4OS. The Hall–Kier alpha value is -1.82. The minimum atomic E-state index is -0.233. The van der Waals surface area contributed by atoms with E-state index < -0.39 is 0 Å². The first-order valence-corrected chi connectivity index (χ1v) is 9.86. The number of nitrogens with one attached hydrogen (secondary N) is 1. The fourth-order valence-corrected chi connectivity index (χ4v) is 4.06. The summed E-state index contributed by atoms with van der Waals surface area (Å²) in [5, 5.41) is 12.3. The molecule has 0 saturated heterocycles. The molecule has 1 heterocycles. The van der Waals surface area contributed by atoms with Crippen LogP contribution in [0.2, 0.25) is 0 Å². The second-order valence-corrected chi connectivity index (χ2v) is 8.16. The van der Waals surface area contributed by atoms with Gasteiger partial charge in [0.15, 0.2) is 5.16 Å². The number of hydrogen-bond donors (Lipinski definition) is 1. The summed E-state index contributed by atoms with van der Waals surface area (Å²) >= 11 is 1.46. The summed E-state index contributed by atoms with van der Waals surface area (Å²) in [5.74, 6) is 1.56. The Kier molecular flexibility index (Phi) is 5.78. The van der Waals surface area contributed by atoms with Gasteiger partial charge in [0.2, 0.25) is 5.91 Å². The van der Waals surface area contributed by atoms with Crippen LogP contribution in [0.1, 0.15) is 56.3 Å². The van der Waals surface area contributed by atoms with Crippen LogP contribution in [0.15, 0.2) is 29.4 Å². The van der Waals surface area contributed by atoms with Crippen molar-refractivity contribution in [3.05, 3.63) is 35.7 Å². The van der Waals surface area contributed by atoms with Crippen molar-refractivity contribution < 1.29 is 4.79 Å². The monoisotopic (exact) mass is 358 g/mol. The number of carbonyl (C=O) groups is 1. The molecule has 1 aliphatic carbocycles. The average Bonchev–Trinajstić information content (AvgIpc) is 2.98. The lowest BCUT2D eigenvalue weighted by Crippen LogP contribution is -2.22. The lowest BCUT2D eigenvalue weighted by molar-refractivity contribution is -0.115. The molecule has 1 N–H and O–H groups in total. The predicted octanol–water partition coefficient (Wildman–Crippen LogP) is 4.29. The molecule has 134 valence electrons. The number of hydrogen-bond acceptors (Lipinski definition) is 4. The van der Waals surface area contributed by atoms with E-state index in [1.54, 1.807) is 0 Å². The molecule has 1 aromatic heterocycles. The van der Waals surface area contributed by atoms with Crippen LogP contribution in [0.3, 0.4) is 0 Å². The fourth-order valence-electron chi connectivity index (χ4n) is 3.24. The first-order chi connectivity index (χ1) is 12.0. The van der Waals surface area contributed by atoms with Crippen LogP contribution in [0, 0.1) is 6.92 Å². The zero-order chi connectivity index (χ0) is 17.8. The Morgan fingerprint density at radius 1 is 1.20 bits per heavy atom. The summed E-state index contributed by atoms with van der Waals surface area (Å²) in [6, 6.07) is 7.83. The minimum absolute atomic E-state index is 0.0175. The molecule has 1 aromatic carbocycles. The van der Waals surface area contributed by atoms with Crippen molar-refractivity contribution in [2.75, 3.05) is 5.32 Å². The normalized spacial score (nSPS) is 16.6. The number of carbonyl (C=O) groups excluding carboxylic acids is 1. The number of aryl methyl sites for hydroxylation is 1. The maximum Gasteiger partial charge on any atom is 0.237 e. The zero-order valence-electron chi connectivity index (χ0n) is 15.2. The van der Waals surface area contributed by atoms with Crippen molar-refractivity contribution in [2.24, 2.45) is 7.05 Å². The zero-order valence-corrected chi connectivity index (χ0v) is 16.0. The SMILES string of the molecule is Cc1ccc(NC(=O)[C@@H](C)Sc2nnc(C3CCCCC3)n2C)cc1. The van der Waals surface area contributed by atoms with Crippen molar-refractivity contribution >= 4 is 23.4 Å². The van der Waals surface area contributed by atoms with Crippen molar-refractivity contribution in [1.82, 2.24) is 14.8 Å². The summed E-state index contributed by atoms with van der Waals surface area (Å²) in [6.07, 6.45) is 6.26. The Morgan fingerprint density at radius 2 is 1.88 bits per heavy atom. The van der Waals surface area contributed by atoms with Crippen molar-refractivity contribution in [3.63, 3.8) is 0 Å². The highest BCUT2D eigenvalue weighted by Crippen LogP contribution is 2.33. The highest BCUT2D eigenvalue weighted by atomic mass is 32.2. The van der Waals surface area contributed by atoms with Gasteiger partial charge in [0.05, 0.1) is 5.25 Å². The summed E-state index contributed by atoms with van der Waals surface area (Å²) < 4.78 is 2.07. The molecule has 0 bridgehead atoms. The number of anilines is 1. The maximum atomic E-state index is 12.4. The second kappa shape index (κ2) is 8.04. The van der Waals surface area contributed by atoms with Gasteiger partial charge in [-0.1, -0.05) is 48.7 Å². The van der Waals surface area contributed by atoms with E-state index in [2.05, 4.69) is 20.1 Å². The van der Waals surface area contributed by atoms with Crippen LogP contribution in [-0.2, 0) is 11.8 Å². The average molecular weight is 359 g/mol. The summed E-state index contributed by atoms with van der Waals surface area (Å²) in [4.78, 5) is 12.4. The van der Waals surface area contributed by atoms with Gasteiger partial charge in [-0.2, -0.15) is 0 Å². The molecule has 1 fully saturated rings. The van der Waals surface area contributed by atoms with Crippen molar-refractivity contribution in [2.45, 2.75) is 62.3 Å². The second-order valence-electron chi connectivity index (χ2n) is 6.85. The van der Waals surface area contributed by atoms with Gasteiger partial charge in [-0.25, -0.2) is 0 Å². The van der Waals surface area contributed by atoms with Crippen LogP contribution in [-0.4, -0.2) is 25.9 Å². The van der Waals surface area contributed by atoms with Gasteiger partial charge >= 0.3 is 0 Å². The molecule has 1 atom stereocenters. The largest absolute Gasteiger partial charge is 0.325 e. The number of aromatic nitrogens is 3. The van der Waals surface area contributed by atoms with Gasteiger partial charge in [-0.05, 0) is 38.8 Å². The van der Waals surface area contributed by atoms with E-state index in [9.17, 15) is 4.79 Å². The van der Waals surface area contributed by atoms with Crippen LogP contribution in [0.25, 0.3) is 0 Å². The third-order valence-electron chi connectivity index (χ3n) is 4.81. The number of rotatable bonds is 5. The van der Waals surface area contributed by atoms with E-state index >= 15 is 0 Å². The Labute approximate surface area is 153 Å². The van der Waals surface area contributed by atoms with E-state index in [1.807, 2.05) is 45.2 Å². The van der Waals surface area contributed by atoms with Crippen LogP contribution >= 0.6 is 11.8 Å².